The number of aromatic amines is 2. The largest absolute Gasteiger partial charge is 0.353 e. The molecule has 2 aliphatic rings. The Bertz CT molecular complexity index is 1320. The number of nitrogens with two attached hydrogens (primary N) is 1. The fourth-order valence-corrected chi connectivity index (χ4v) is 4.96. The topological polar surface area (TPSA) is 180 Å². The Morgan fingerprint density at radius 3 is 2.20 bits per heavy atom. The van der Waals surface area contributed by atoms with Crippen LogP contribution in [0.3, 0.4) is 0 Å². The molecule has 0 saturated carbocycles. The van der Waals surface area contributed by atoms with Gasteiger partial charge in [-0.3, -0.25) is 38.4 Å². The summed E-state index contributed by atoms with van der Waals surface area (Å²) in [5.41, 5.74) is 5.15. The average molecular weight is 489 g/mol. The fraction of sp³-hybridized carbons (Fsp3) is 0.591. The molecule has 2 aromatic rings. The van der Waals surface area contributed by atoms with Crippen molar-refractivity contribution in [2.45, 2.75) is 50.9 Å². The van der Waals surface area contributed by atoms with E-state index in [4.69, 9.17) is 5.73 Å². The number of nitrogens with zero attached hydrogens (tertiary/aromatic N) is 3. The molecule has 2 aromatic heterocycles. The summed E-state index contributed by atoms with van der Waals surface area (Å²) in [5, 5.41) is 6.25. The van der Waals surface area contributed by atoms with Crippen molar-refractivity contribution in [1.82, 2.24) is 34.6 Å². The summed E-state index contributed by atoms with van der Waals surface area (Å²) in [6.45, 7) is 5.22. The summed E-state index contributed by atoms with van der Waals surface area (Å²) in [5.74, 6) is -0.156. The highest BCUT2D eigenvalue weighted by atomic mass is 16.2. The molecule has 0 unspecified atom stereocenters. The van der Waals surface area contributed by atoms with Gasteiger partial charge in [-0.25, -0.2) is 9.59 Å². The molecule has 0 bridgehead atoms. The minimum Gasteiger partial charge on any atom is -0.353 e. The fourth-order valence-electron chi connectivity index (χ4n) is 4.96. The smallest absolute Gasteiger partial charge is 0.328 e. The number of aromatic nitrogens is 4. The van der Waals surface area contributed by atoms with E-state index in [-0.39, 0.29) is 42.2 Å². The van der Waals surface area contributed by atoms with E-state index in [0.29, 0.717) is 50.1 Å². The molecule has 4 heterocycles. The third-order valence-electron chi connectivity index (χ3n) is 6.95. The minimum atomic E-state index is -0.466. The molecule has 2 saturated heterocycles. The van der Waals surface area contributed by atoms with Crippen LogP contribution in [0.4, 0.5) is 0 Å². The standard InChI is InChI=1S/C22H32N8O5/c1-12-8-29(21(34)26-19(12)32)16-3-14(24-7-16)6-25-18(31)11-28-10-17(4-15(28)5-23)30-9-13(2)20(33)27-22(30)35/h8-9,14-17,24H,3-7,10-11,23H2,1-2H3,(H,25,31)(H,26,32,34)(H,27,33,35)/t14-,15-,16-,17-/m1/s1. The Kier molecular flexibility index (Phi) is 7.19. The van der Waals surface area contributed by atoms with Gasteiger partial charge in [0, 0.05) is 61.8 Å². The summed E-state index contributed by atoms with van der Waals surface area (Å²) >= 11 is 0. The van der Waals surface area contributed by atoms with Crippen LogP contribution >= 0.6 is 0 Å². The number of hydrogen-bond donors (Lipinski definition) is 5. The third kappa shape index (κ3) is 5.36. The lowest BCUT2D eigenvalue weighted by atomic mass is 10.1. The van der Waals surface area contributed by atoms with Gasteiger partial charge >= 0.3 is 11.4 Å². The second-order valence-electron chi connectivity index (χ2n) is 9.46. The number of likely N-dealkylation sites (tertiary alicyclic amines) is 1. The van der Waals surface area contributed by atoms with Crippen molar-refractivity contribution in [3.05, 3.63) is 65.2 Å². The number of hydrogen-bond acceptors (Lipinski definition) is 8. The summed E-state index contributed by atoms with van der Waals surface area (Å²) in [7, 11) is 0. The Morgan fingerprint density at radius 2 is 1.60 bits per heavy atom. The molecule has 0 radical (unpaired) electrons. The molecule has 190 valence electrons. The lowest BCUT2D eigenvalue weighted by Gasteiger charge is -2.22. The molecule has 0 aromatic carbocycles. The Hall–Kier alpha value is -3.29. The van der Waals surface area contributed by atoms with Crippen LogP contribution in [0.2, 0.25) is 0 Å². The monoisotopic (exact) mass is 488 g/mol. The van der Waals surface area contributed by atoms with Crippen molar-refractivity contribution in [3.8, 4) is 0 Å². The second-order valence-corrected chi connectivity index (χ2v) is 9.46. The summed E-state index contributed by atoms with van der Waals surface area (Å²) < 4.78 is 3.04. The molecule has 1 amide bonds. The van der Waals surface area contributed by atoms with Crippen molar-refractivity contribution in [1.29, 1.82) is 0 Å². The van der Waals surface area contributed by atoms with Crippen molar-refractivity contribution in [3.63, 3.8) is 0 Å². The Labute approximate surface area is 200 Å². The summed E-state index contributed by atoms with van der Waals surface area (Å²) in [6.07, 6.45) is 4.37. The highest BCUT2D eigenvalue weighted by molar-refractivity contribution is 5.78. The highest BCUT2D eigenvalue weighted by Gasteiger charge is 2.34. The first-order valence-corrected chi connectivity index (χ1v) is 11.7. The molecule has 4 rings (SSSR count). The van der Waals surface area contributed by atoms with Gasteiger partial charge in [-0.2, -0.15) is 0 Å². The van der Waals surface area contributed by atoms with Crippen LogP contribution in [0.25, 0.3) is 0 Å². The van der Waals surface area contributed by atoms with E-state index in [2.05, 4.69) is 20.6 Å². The van der Waals surface area contributed by atoms with E-state index in [9.17, 15) is 24.0 Å². The van der Waals surface area contributed by atoms with Crippen LogP contribution in [-0.4, -0.2) is 74.7 Å². The molecule has 0 aliphatic carbocycles. The number of nitrogens with one attached hydrogen (secondary N) is 4. The molecule has 0 spiro atoms. The van der Waals surface area contributed by atoms with Crippen molar-refractivity contribution in [2.75, 3.05) is 32.7 Å². The number of H-pyrrole nitrogens is 2. The van der Waals surface area contributed by atoms with Crippen LogP contribution in [0.5, 0.6) is 0 Å². The predicted molar refractivity (Wildman–Crippen MR) is 129 cm³/mol. The first kappa shape index (κ1) is 24.8. The zero-order valence-electron chi connectivity index (χ0n) is 19.9. The summed E-state index contributed by atoms with van der Waals surface area (Å²) in [4.78, 5) is 67.0. The molecule has 4 atom stereocenters. The average Bonchev–Trinajstić information content (AvgIpc) is 3.44. The lowest BCUT2D eigenvalue weighted by molar-refractivity contribution is -0.122. The van der Waals surface area contributed by atoms with Crippen molar-refractivity contribution < 1.29 is 4.79 Å². The van der Waals surface area contributed by atoms with Gasteiger partial charge in [0.05, 0.1) is 18.6 Å². The molecule has 2 aliphatic heterocycles. The van der Waals surface area contributed by atoms with E-state index in [1.807, 2.05) is 4.90 Å². The van der Waals surface area contributed by atoms with E-state index >= 15 is 0 Å². The maximum Gasteiger partial charge on any atom is 0.328 e. The number of carbonyl (C=O) groups is 1. The SMILES string of the molecule is Cc1cn([C@@H]2C[C@H](CN)N(CC(=O)NC[C@H]3C[C@@H](n4cc(C)c(=O)[nH]c4=O)CN3)C2)c(=O)[nH]c1=O. The van der Waals surface area contributed by atoms with Crippen LogP contribution in [-0.2, 0) is 4.79 Å². The van der Waals surface area contributed by atoms with Gasteiger partial charge < -0.3 is 16.4 Å². The molecular formula is C22H32N8O5. The van der Waals surface area contributed by atoms with Crippen LogP contribution in [0.15, 0.2) is 31.6 Å². The normalized spacial score (nSPS) is 24.7. The van der Waals surface area contributed by atoms with Gasteiger partial charge in [-0.15, -0.1) is 0 Å². The quantitative estimate of drug-likeness (QED) is 0.279. The predicted octanol–water partition coefficient (Wildman–Crippen LogP) is -2.70. The van der Waals surface area contributed by atoms with Gasteiger partial charge in [0.1, 0.15) is 0 Å². The number of rotatable bonds is 7. The third-order valence-corrected chi connectivity index (χ3v) is 6.95. The van der Waals surface area contributed by atoms with Crippen molar-refractivity contribution in [2.24, 2.45) is 5.73 Å². The molecule has 2 fully saturated rings. The molecule has 13 heteroatoms. The van der Waals surface area contributed by atoms with E-state index in [1.54, 1.807) is 26.2 Å². The van der Waals surface area contributed by atoms with Gasteiger partial charge in [-0.1, -0.05) is 0 Å². The van der Waals surface area contributed by atoms with Gasteiger partial charge in [0.25, 0.3) is 11.1 Å². The number of aryl methyl sites for hydroxylation is 2. The Balaban J connectivity index is 1.32. The Morgan fingerprint density at radius 1 is 1.00 bits per heavy atom. The van der Waals surface area contributed by atoms with E-state index in [1.165, 1.54) is 9.13 Å². The van der Waals surface area contributed by atoms with E-state index in [0.717, 1.165) is 0 Å². The van der Waals surface area contributed by atoms with E-state index < -0.39 is 16.9 Å². The first-order chi connectivity index (χ1) is 16.7. The summed E-state index contributed by atoms with van der Waals surface area (Å²) in [6, 6.07) is -0.368. The van der Waals surface area contributed by atoms with Crippen LogP contribution in [0.1, 0.15) is 36.1 Å². The van der Waals surface area contributed by atoms with Gasteiger partial charge in [0.15, 0.2) is 0 Å². The van der Waals surface area contributed by atoms with Gasteiger partial charge in [-0.05, 0) is 26.7 Å². The lowest BCUT2D eigenvalue weighted by Crippen LogP contribution is -2.45. The van der Waals surface area contributed by atoms with Crippen molar-refractivity contribution >= 4 is 5.91 Å². The first-order valence-electron chi connectivity index (χ1n) is 11.7. The van der Waals surface area contributed by atoms with Crippen LogP contribution < -0.4 is 38.9 Å². The zero-order chi connectivity index (χ0) is 25.3. The molecular weight excluding hydrogens is 456 g/mol. The molecule has 6 N–H and O–H groups in total. The number of carbonyl (C=O) groups excluding carboxylic acids is 1. The maximum atomic E-state index is 12.7. The molecule has 35 heavy (non-hydrogen) atoms. The second kappa shape index (κ2) is 10.1. The minimum absolute atomic E-state index is 0.0117. The number of amides is 1. The maximum absolute atomic E-state index is 12.7. The van der Waals surface area contributed by atoms with Crippen LogP contribution in [0, 0.1) is 13.8 Å². The zero-order valence-corrected chi connectivity index (χ0v) is 19.9. The molecule has 13 nitrogen and oxygen atoms in total. The van der Waals surface area contributed by atoms with Gasteiger partial charge in [0.2, 0.25) is 5.91 Å². The highest BCUT2D eigenvalue weighted by Crippen LogP contribution is 2.25.